The van der Waals surface area contributed by atoms with E-state index in [0.717, 1.165) is 5.69 Å². The van der Waals surface area contributed by atoms with Crippen LogP contribution in [0.2, 0.25) is 0 Å². The topological polar surface area (TPSA) is 87.6 Å². The monoisotopic (exact) mass is 367 g/mol. The van der Waals surface area contributed by atoms with Gasteiger partial charge in [-0.15, -0.1) is 0 Å². The zero-order valence-corrected chi connectivity index (χ0v) is 12.2. The van der Waals surface area contributed by atoms with E-state index in [9.17, 15) is 0 Å². The van der Waals surface area contributed by atoms with Crippen molar-refractivity contribution in [2.45, 2.75) is 0 Å². The Hall–Kier alpha value is -1.65. The first-order valence-electron chi connectivity index (χ1n) is 4.86. The van der Waals surface area contributed by atoms with Crippen molar-refractivity contribution in [2.24, 2.45) is 0 Å². The molecule has 5 nitrogen and oxygen atoms in total. The average molecular weight is 369 g/mol. The predicted octanol–water partition coefficient (Wildman–Crippen LogP) is 3.20. The molecule has 1 aromatic carbocycles. The van der Waals surface area contributed by atoms with Crippen LogP contribution in [0.4, 0.5) is 17.5 Å². The summed E-state index contributed by atoms with van der Waals surface area (Å²) in [5.41, 5.74) is 7.09. The van der Waals surface area contributed by atoms with Gasteiger partial charge in [-0.1, -0.05) is 0 Å². The summed E-state index contributed by atoms with van der Waals surface area (Å²) in [7, 11) is 0. The van der Waals surface area contributed by atoms with E-state index in [1.54, 1.807) is 24.3 Å². The van der Waals surface area contributed by atoms with Gasteiger partial charge in [-0.05, 0) is 56.1 Å². The third-order valence-corrected chi connectivity index (χ3v) is 3.99. The highest BCUT2D eigenvalue weighted by molar-refractivity contribution is 9.13. The molecule has 7 heteroatoms. The van der Waals surface area contributed by atoms with Gasteiger partial charge in [0.25, 0.3) is 0 Å². The van der Waals surface area contributed by atoms with E-state index >= 15 is 0 Å². The molecule has 0 atom stereocenters. The first kappa shape index (κ1) is 12.8. The fourth-order valence-electron chi connectivity index (χ4n) is 1.25. The molecular weight excluding hydrogens is 362 g/mol. The van der Waals surface area contributed by atoms with E-state index in [4.69, 9.17) is 11.0 Å². The number of benzene rings is 1. The molecule has 18 heavy (non-hydrogen) atoms. The largest absolute Gasteiger partial charge is 0.383 e. The minimum atomic E-state index is 0.341. The van der Waals surface area contributed by atoms with Crippen molar-refractivity contribution < 1.29 is 0 Å². The Kier molecular flexibility index (Phi) is 3.79. The number of hydrogen-bond acceptors (Lipinski definition) is 5. The molecule has 3 N–H and O–H groups in total. The van der Waals surface area contributed by atoms with E-state index in [1.165, 1.54) is 0 Å². The van der Waals surface area contributed by atoms with Crippen molar-refractivity contribution in [3.05, 3.63) is 38.9 Å². The second-order valence-corrected chi connectivity index (χ2v) is 4.90. The minimum Gasteiger partial charge on any atom is -0.383 e. The number of nitrogen functional groups attached to an aromatic ring is 1. The van der Waals surface area contributed by atoms with Gasteiger partial charge in [-0.2, -0.15) is 10.2 Å². The lowest BCUT2D eigenvalue weighted by atomic mass is 10.2. The molecule has 0 bridgehead atoms. The number of anilines is 3. The van der Waals surface area contributed by atoms with Crippen molar-refractivity contribution in [1.29, 1.82) is 5.26 Å². The van der Waals surface area contributed by atoms with Crippen molar-refractivity contribution in [2.75, 3.05) is 11.1 Å². The van der Waals surface area contributed by atoms with Crippen LogP contribution in [0.5, 0.6) is 0 Å². The van der Waals surface area contributed by atoms with Crippen molar-refractivity contribution in [3.8, 4) is 6.07 Å². The molecule has 90 valence electrons. The van der Waals surface area contributed by atoms with Crippen LogP contribution in [0.15, 0.2) is 33.3 Å². The summed E-state index contributed by atoms with van der Waals surface area (Å²) in [6.07, 6.45) is 0. The van der Waals surface area contributed by atoms with Gasteiger partial charge in [0, 0.05) is 5.69 Å². The first-order chi connectivity index (χ1) is 8.60. The molecular formula is C11H7Br2N5. The molecule has 0 aliphatic carbocycles. The predicted molar refractivity (Wildman–Crippen MR) is 76.3 cm³/mol. The summed E-state index contributed by atoms with van der Waals surface area (Å²) in [6.45, 7) is 0. The standard InChI is InChI=1S/C11H7Br2N5/c12-8-9(13)17-11(18-10(8)15)16-7-3-1-6(5-14)2-4-7/h1-4H,(H3,15,16,17,18). The van der Waals surface area contributed by atoms with E-state index in [2.05, 4.69) is 53.2 Å². The second-order valence-electron chi connectivity index (χ2n) is 3.35. The number of nitrogens with one attached hydrogen (secondary N) is 1. The number of halogens is 2. The minimum absolute atomic E-state index is 0.341. The number of nitrogens with two attached hydrogens (primary N) is 1. The molecule has 2 aromatic rings. The maximum absolute atomic E-state index is 8.70. The van der Waals surface area contributed by atoms with Gasteiger partial charge in [0.15, 0.2) is 0 Å². The molecule has 0 saturated heterocycles. The Bertz CT molecular complexity index is 595. The highest BCUT2D eigenvalue weighted by atomic mass is 79.9. The van der Waals surface area contributed by atoms with Crippen molar-refractivity contribution >= 4 is 49.3 Å². The molecule has 0 aliphatic heterocycles. The van der Waals surface area contributed by atoms with Crippen molar-refractivity contribution in [1.82, 2.24) is 9.97 Å². The average Bonchev–Trinajstić information content (AvgIpc) is 2.37. The third kappa shape index (κ3) is 2.78. The molecule has 0 aliphatic rings. The molecule has 2 rings (SSSR count). The highest BCUT2D eigenvalue weighted by Crippen LogP contribution is 2.27. The summed E-state index contributed by atoms with van der Waals surface area (Å²) in [4.78, 5) is 8.26. The fraction of sp³-hybridized carbons (Fsp3) is 0. The number of hydrogen-bond donors (Lipinski definition) is 2. The lowest BCUT2D eigenvalue weighted by Crippen LogP contribution is -2.02. The van der Waals surface area contributed by atoms with Gasteiger partial charge in [0.05, 0.1) is 16.1 Å². The van der Waals surface area contributed by atoms with Gasteiger partial charge in [-0.25, -0.2) is 4.98 Å². The van der Waals surface area contributed by atoms with Crippen LogP contribution in [-0.4, -0.2) is 9.97 Å². The zero-order valence-electron chi connectivity index (χ0n) is 8.98. The molecule has 0 fully saturated rings. The first-order valence-corrected chi connectivity index (χ1v) is 6.44. The number of nitriles is 1. The number of aromatic nitrogens is 2. The maximum Gasteiger partial charge on any atom is 0.230 e. The number of rotatable bonds is 2. The second kappa shape index (κ2) is 5.33. The Labute approximate surface area is 120 Å². The Morgan fingerprint density at radius 1 is 1.17 bits per heavy atom. The van der Waals surface area contributed by atoms with E-state index in [1.807, 2.05) is 0 Å². The SMILES string of the molecule is N#Cc1ccc(Nc2nc(N)c(Br)c(Br)n2)cc1. The summed E-state index contributed by atoms with van der Waals surface area (Å²) in [5.74, 6) is 0.723. The van der Waals surface area contributed by atoms with Crippen LogP contribution >= 0.6 is 31.9 Å². The number of nitrogens with zero attached hydrogens (tertiary/aromatic N) is 3. The normalized spacial score (nSPS) is 9.83. The van der Waals surface area contributed by atoms with Crippen molar-refractivity contribution in [3.63, 3.8) is 0 Å². The zero-order chi connectivity index (χ0) is 13.1. The lowest BCUT2D eigenvalue weighted by Gasteiger charge is -2.07. The molecule has 1 heterocycles. The van der Waals surface area contributed by atoms with E-state index in [-0.39, 0.29) is 0 Å². The van der Waals surface area contributed by atoms with Crippen LogP contribution < -0.4 is 11.1 Å². The van der Waals surface area contributed by atoms with E-state index < -0.39 is 0 Å². The Morgan fingerprint density at radius 3 is 2.39 bits per heavy atom. The summed E-state index contributed by atoms with van der Waals surface area (Å²) < 4.78 is 1.19. The van der Waals surface area contributed by atoms with Crippen LogP contribution in [-0.2, 0) is 0 Å². The van der Waals surface area contributed by atoms with Gasteiger partial charge >= 0.3 is 0 Å². The van der Waals surface area contributed by atoms with Crippen LogP contribution in [0.3, 0.4) is 0 Å². The fourth-order valence-corrected chi connectivity index (χ4v) is 1.80. The third-order valence-electron chi connectivity index (χ3n) is 2.11. The van der Waals surface area contributed by atoms with Gasteiger partial charge in [0.1, 0.15) is 10.4 Å². The maximum atomic E-state index is 8.70. The lowest BCUT2D eigenvalue weighted by molar-refractivity contribution is 1.13. The molecule has 1 aromatic heterocycles. The highest BCUT2D eigenvalue weighted by Gasteiger charge is 2.07. The van der Waals surface area contributed by atoms with Gasteiger partial charge < -0.3 is 11.1 Å². The van der Waals surface area contributed by atoms with E-state index in [0.29, 0.717) is 26.4 Å². The molecule has 0 radical (unpaired) electrons. The Morgan fingerprint density at radius 2 is 1.83 bits per heavy atom. The Balaban J connectivity index is 2.26. The van der Waals surface area contributed by atoms with Gasteiger partial charge in [-0.3, -0.25) is 0 Å². The molecule has 0 amide bonds. The van der Waals surface area contributed by atoms with Gasteiger partial charge in [0.2, 0.25) is 5.95 Å². The molecule has 0 spiro atoms. The molecule has 0 unspecified atom stereocenters. The van der Waals surface area contributed by atoms with Crippen LogP contribution in [0, 0.1) is 11.3 Å². The summed E-state index contributed by atoms with van der Waals surface area (Å²) in [5, 5.41) is 11.7. The summed E-state index contributed by atoms with van der Waals surface area (Å²) >= 11 is 6.53. The molecule has 0 saturated carbocycles. The smallest absolute Gasteiger partial charge is 0.230 e. The van der Waals surface area contributed by atoms with Crippen LogP contribution in [0.1, 0.15) is 5.56 Å². The quantitative estimate of drug-likeness (QED) is 0.794. The van der Waals surface area contributed by atoms with Crippen LogP contribution in [0.25, 0.3) is 0 Å². The summed E-state index contributed by atoms with van der Waals surface area (Å²) in [6, 6.07) is 9.01.